The summed E-state index contributed by atoms with van der Waals surface area (Å²) in [6.45, 7) is 30.7. The third-order valence-corrected chi connectivity index (χ3v) is 17.4. The molecule has 0 atom stereocenters. The van der Waals surface area contributed by atoms with Crippen molar-refractivity contribution in [2.45, 2.75) is 117 Å². The van der Waals surface area contributed by atoms with Crippen LogP contribution in [0.2, 0.25) is 0 Å². The van der Waals surface area contributed by atoms with Crippen LogP contribution in [0.15, 0.2) is 138 Å². The molecule has 344 valence electrons. The Morgan fingerprint density at radius 3 is 1.86 bits per heavy atom. The first kappa shape index (κ1) is 42.1. The van der Waals surface area contributed by atoms with E-state index in [1.165, 1.54) is 122 Å². The quantitative estimate of drug-likeness (QED) is 0.153. The van der Waals surface area contributed by atoms with E-state index in [-0.39, 0.29) is 33.9 Å². The molecular formula is C66H61BN2O. The van der Waals surface area contributed by atoms with Crippen LogP contribution >= 0.6 is 0 Å². The molecule has 3 nitrogen and oxygen atoms in total. The molecule has 70 heavy (non-hydrogen) atoms. The topological polar surface area (TPSA) is 21.3 Å². The zero-order valence-electron chi connectivity index (χ0n) is 43.1. The lowest BCUT2D eigenvalue weighted by Crippen LogP contribution is -2.60. The zero-order chi connectivity index (χ0) is 48.5. The Kier molecular flexibility index (Phi) is 7.91. The van der Waals surface area contributed by atoms with Crippen LogP contribution < -0.4 is 15.7 Å². The molecule has 2 aliphatic heterocycles. The Morgan fingerprint density at radius 1 is 0.471 bits per heavy atom. The van der Waals surface area contributed by atoms with Gasteiger partial charge in [-0.1, -0.05) is 175 Å². The molecule has 0 bridgehead atoms. The first-order valence-electron chi connectivity index (χ1n) is 25.6. The summed E-state index contributed by atoms with van der Waals surface area (Å²) in [5.74, 6) is 0. The average molecular weight is 909 g/mol. The van der Waals surface area contributed by atoms with Crippen molar-refractivity contribution in [2.75, 3.05) is 4.81 Å². The lowest BCUT2D eigenvalue weighted by atomic mass is 9.43. The molecule has 4 aliphatic rings. The van der Waals surface area contributed by atoms with Crippen molar-refractivity contribution in [3.63, 3.8) is 0 Å². The molecule has 0 spiro atoms. The molecule has 0 saturated carbocycles. The van der Waals surface area contributed by atoms with Crippen molar-refractivity contribution in [3.05, 3.63) is 172 Å². The van der Waals surface area contributed by atoms with Crippen molar-refractivity contribution >= 4 is 72.9 Å². The first-order valence-corrected chi connectivity index (χ1v) is 25.6. The molecule has 0 unspecified atom stereocenters. The van der Waals surface area contributed by atoms with Gasteiger partial charge in [-0.15, -0.1) is 0 Å². The van der Waals surface area contributed by atoms with E-state index in [0.717, 1.165) is 21.9 Å². The molecule has 8 aromatic carbocycles. The van der Waals surface area contributed by atoms with Crippen molar-refractivity contribution in [1.82, 2.24) is 4.57 Å². The van der Waals surface area contributed by atoms with Crippen LogP contribution in [0.1, 0.15) is 129 Å². The molecule has 14 rings (SSSR count). The normalized spacial score (nSPS) is 16.0. The fraction of sp³-hybridized carbons (Fsp3) is 0.273. The molecular weight excluding hydrogens is 848 g/mol. The minimum Gasteiger partial charge on any atom is -0.456 e. The highest BCUT2D eigenvalue weighted by Crippen LogP contribution is 2.61. The summed E-state index contributed by atoms with van der Waals surface area (Å²) >= 11 is 0. The maximum absolute atomic E-state index is 6.83. The van der Waals surface area contributed by atoms with Gasteiger partial charge in [-0.3, -0.25) is 0 Å². The fourth-order valence-corrected chi connectivity index (χ4v) is 13.7. The second kappa shape index (κ2) is 13.1. The number of para-hydroxylation sites is 1. The fourth-order valence-electron chi connectivity index (χ4n) is 13.7. The second-order valence-corrected chi connectivity index (χ2v) is 25.4. The highest BCUT2D eigenvalue weighted by atomic mass is 16.3. The summed E-state index contributed by atoms with van der Waals surface area (Å²) in [7, 11) is 0. The van der Waals surface area contributed by atoms with Crippen molar-refractivity contribution in [2.24, 2.45) is 0 Å². The first-order chi connectivity index (χ1) is 33.1. The van der Waals surface area contributed by atoms with Gasteiger partial charge in [0.1, 0.15) is 11.2 Å². The molecule has 10 aromatic rings. The standard InChI is InChI=1S/C66H61BN2O/c1-62(2,3)36-22-26-39(27-23-36)69-52-34-43-42-30-37(63(4,5)6)24-28-48(42)65(10,11)49(43)32-46(52)57-56-41-19-14-16-20-47(41)66(12,13)59(56)58-45-31-38(64(7,8)9)25-29-51(45)68-53-35-55-44(40-18-15-17-21-54(40)70-55)33-50(53)67(69)60(57)61(58)68/h14-35H,1-13H3. The minimum absolute atomic E-state index is 0.0109. The smallest absolute Gasteiger partial charge is 0.333 e. The van der Waals surface area contributed by atoms with E-state index >= 15 is 0 Å². The van der Waals surface area contributed by atoms with Gasteiger partial charge in [0, 0.05) is 61.1 Å². The Morgan fingerprint density at radius 2 is 1.11 bits per heavy atom. The molecule has 0 N–H and O–H groups in total. The number of anilines is 2. The van der Waals surface area contributed by atoms with Gasteiger partial charge < -0.3 is 13.8 Å². The van der Waals surface area contributed by atoms with Gasteiger partial charge >= 0.3 is 6.85 Å². The van der Waals surface area contributed by atoms with Crippen molar-refractivity contribution in [3.8, 4) is 39.1 Å². The van der Waals surface area contributed by atoms with E-state index in [1.807, 2.05) is 0 Å². The lowest BCUT2D eigenvalue weighted by molar-refractivity contribution is 0.589. The Bertz CT molecular complexity index is 4000. The highest BCUT2D eigenvalue weighted by molar-refractivity contribution is 6.94. The minimum atomic E-state index is -0.272. The predicted molar refractivity (Wildman–Crippen MR) is 298 cm³/mol. The molecule has 2 aliphatic carbocycles. The monoisotopic (exact) mass is 908 g/mol. The van der Waals surface area contributed by atoms with E-state index < -0.39 is 0 Å². The van der Waals surface area contributed by atoms with Gasteiger partial charge in [-0.2, -0.15) is 0 Å². The van der Waals surface area contributed by atoms with Crippen LogP contribution in [0.5, 0.6) is 0 Å². The van der Waals surface area contributed by atoms with E-state index in [9.17, 15) is 0 Å². The third-order valence-electron chi connectivity index (χ3n) is 17.4. The van der Waals surface area contributed by atoms with Gasteiger partial charge in [0.05, 0.1) is 11.0 Å². The van der Waals surface area contributed by atoms with Gasteiger partial charge in [0.2, 0.25) is 0 Å². The summed E-state index contributed by atoms with van der Waals surface area (Å²) in [5, 5.41) is 5.01. The second-order valence-electron chi connectivity index (χ2n) is 25.4. The van der Waals surface area contributed by atoms with E-state index in [1.54, 1.807) is 0 Å². The van der Waals surface area contributed by atoms with Crippen molar-refractivity contribution in [1.29, 1.82) is 0 Å². The summed E-state index contributed by atoms with van der Waals surface area (Å²) in [6, 6.07) is 52.3. The Labute approximate surface area is 413 Å². The zero-order valence-corrected chi connectivity index (χ0v) is 43.1. The van der Waals surface area contributed by atoms with Crippen LogP contribution in [0, 0.1) is 0 Å². The van der Waals surface area contributed by atoms with E-state index in [0.29, 0.717) is 0 Å². The summed E-state index contributed by atoms with van der Waals surface area (Å²) in [6.07, 6.45) is 0. The SMILES string of the molecule is CC(C)(C)c1ccc(N2B3c4cc5c(cc4-n4c6ccc(C(C)(C)C)cc6c6c7c(c(c3c64)-c3cc4c(cc32)-c2cc(C(C)(C)C)ccc2C4(C)C)-c2ccccc2C7(C)C)oc2ccccc25)cc1. The summed E-state index contributed by atoms with van der Waals surface area (Å²) < 4.78 is 9.49. The number of hydrogen-bond donors (Lipinski definition) is 0. The molecule has 0 radical (unpaired) electrons. The number of benzene rings is 8. The van der Waals surface area contributed by atoms with Crippen LogP contribution in [-0.2, 0) is 27.1 Å². The maximum Gasteiger partial charge on any atom is 0.333 e. The Hall–Kier alpha value is -6.78. The lowest BCUT2D eigenvalue weighted by Gasteiger charge is -2.43. The van der Waals surface area contributed by atoms with Gasteiger partial charge in [-0.25, -0.2) is 0 Å². The molecule has 4 heterocycles. The number of furan rings is 1. The van der Waals surface area contributed by atoms with Crippen LogP contribution in [-0.4, -0.2) is 11.4 Å². The number of fused-ring (bicyclic) bond motifs is 19. The van der Waals surface area contributed by atoms with Crippen LogP contribution in [0.25, 0.3) is 82.8 Å². The highest BCUT2D eigenvalue weighted by Gasteiger charge is 2.51. The molecule has 0 fully saturated rings. The van der Waals surface area contributed by atoms with E-state index in [4.69, 9.17) is 4.42 Å². The predicted octanol–water partition coefficient (Wildman–Crippen LogP) is 16.4. The molecule has 0 saturated heterocycles. The van der Waals surface area contributed by atoms with Crippen LogP contribution in [0.4, 0.5) is 11.4 Å². The molecule has 2 aromatic heterocycles. The maximum atomic E-state index is 6.83. The number of nitrogens with zero attached hydrogens (tertiary/aromatic N) is 2. The van der Waals surface area contributed by atoms with Gasteiger partial charge in [0.25, 0.3) is 0 Å². The van der Waals surface area contributed by atoms with Crippen molar-refractivity contribution < 1.29 is 4.42 Å². The van der Waals surface area contributed by atoms with Gasteiger partial charge in [-0.05, 0) is 136 Å². The average Bonchev–Trinajstić information content (AvgIpc) is 3.99. The largest absolute Gasteiger partial charge is 0.456 e. The summed E-state index contributed by atoms with van der Waals surface area (Å²) in [5.41, 5.74) is 28.1. The third kappa shape index (κ3) is 5.27. The van der Waals surface area contributed by atoms with Crippen LogP contribution in [0.3, 0.4) is 0 Å². The number of rotatable bonds is 1. The van der Waals surface area contributed by atoms with E-state index in [2.05, 4.69) is 233 Å². The number of aromatic nitrogens is 1. The summed E-state index contributed by atoms with van der Waals surface area (Å²) in [4.78, 5) is 2.75. The van der Waals surface area contributed by atoms with Gasteiger partial charge in [0.15, 0.2) is 0 Å². The molecule has 4 heteroatoms. The number of hydrogen-bond acceptors (Lipinski definition) is 2. The Balaban J connectivity index is 1.22. The molecule has 0 amide bonds.